The molecule has 2 aliphatic rings. The minimum atomic E-state index is -2.66. The summed E-state index contributed by atoms with van der Waals surface area (Å²) < 4.78 is 27.3. The Bertz CT molecular complexity index is 367. The second-order valence-electron chi connectivity index (χ2n) is 4.71. The van der Waals surface area contributed by atoms with Crippen LogP contribution >= 0.6 is 0 Å². The predicted octanol–water partition coefficient (Wildman–Crippen LogP) is 2.19. The van der Waals surface area contributed by atoms with Crippen LogP contribution in [0.25, 0.3) is 10.4 Å². The van der Waals surface area contributed by atoms with Crippen LogP contribution in [0.5, 0.6) is 0 Å². The maximum absolute atomic E-state index is 13.6. The Labute approximate surface area is 97.4 Å². The molecule has 1 aliphatic carbocycles. The lowest BCUT2D eigenvalue weighted by Gasteiger charge is -2.32. The van der Waals surface area contributed by atoms with E-state index in [1.165, 1.54) is 4.90 Å². The lowest BCUT2D eigenvalue weighted by Crippen LogP contribution is -2.38. The van der Waals surface area contributed by atoms with Gasteiger partial charge in [-0.3, -0.25) is 4.79 Å². The number of halogens is 2. The van der Waals surface area contributed by atoms with E-state index in [1.807, 2.05) is 0 Å². The number of carbonyl (C=O) groups is 1. The molecule has 1 amide bonds. The van der Waals surface area contributed by atoms with E-state index >= 15 is 0 Å². The van der Waals surface area contributed by atoms with Crippen LogP contribution in [0.3, 0.4) is 0 Å². The fourth-order valence-electron chi connectivity index (χ4n) is 2.82. The molecular formula is C10H14F2N4O. The van der Waals surface area contributed by atoms with Crippen molar-refractivity contribution in [3.63, 3.8) is 0 Å². The van der Waals surface area contributed by atoms with Gasteiger partial charge in [0.15, 0.2) is 0 Å². The number of azide groups is 1. The van der Waals surface area contributed by atoms with E-state index in [-0.39, 0.29) is 31.3 Å². The van der Waals surface area contributed by atoms with Crippen molar-refractivity contribution in [2.24, 2.45) is 17.0 Å². The summed E-state index contributed by atoms with van der Waals surface area (Å²) in [5.41, 5.74) is 8.11. The number of hydrogen-bond donors (Lipinski definition) is 0. The van der Waals surface area contributed by atoms with Crippen LogP contribution in [0.1, 0.15) is 19.3 Å². The van der Waals surface area contributed by atoms with Gasteiger partial charge in [0.2, 0.25) is 5.91 Å². The number of hydrogen-bond acceptors (Lipinski definition) is 2. The van der Waals surface area contributed by atoms with Crippen LogP contribution in [0.2, 0.25) is 0 Å². The molecule has 0 spiro atoms. The first-order valence-corrected chi connectivity index (χ1v) is 5.71. The van der Waals surface area contributed by atoms with Gasteiger partial charge in [0.05, 0.1) is 0 Å². The molecule has 1 saturated carbocycles. The lowest BCUT2D eigenvalue weighted by atomic mass is 9.79. The minimum absolute atomic E-state index is 0.0768. The largest absolute Gasteiger partial charge is 0.342 e. The van der Waals surface area contributed by atoms with Crippen LogP contribution < -0.4 is 0 Å². The fourth-order valence-corrected chi connectivity index (χ4v) is 2.82. The third-order valence-corrected chi connectivity index (χ3v) is 3.69. The Morgan fingerprint density at radius 2 is 2.29 bits per heavy atom. The van der Waals surface area contributed by atoms with Crippen LogP contribution in [-0.4, -0.2) is 36.4 Å². The fraction of sp³-hybridized carbons (Fsp3) is 0.900. The standard InChI is InChI=1S/C10H14F2N4O/c11-10(12)3-1-2-7-5-16(6-8(7)10)9(17)4-14-15-13/h7-8H,1-6H2. The maximum atomic E-state index is 13.6. The number of carbonyl (C=O) groups excluding carboxylic acids is 1. The van der Waals surface area contributed by atoms with Crippen molar-refractivity contribution in [3.05, 3.63) is 10.4 Å². The molecule has 0 aromatic rings. The zero-order chi connectivity index (χ0) is 12.5. The van der Waals surface area contributed by atoms with E-state index in [1.54, 1.807) is 0 Å². The number of fused-ring (bicyclic) bond motifs is 1. The van der Waals surface area contributed by atoms with Gasteiger partial charge in [0.25, 0.3) is 5.92 Å². The Balaban J connectivity index is 2.02. The van der Waals surface area contributed by atoms with E-state index in [0.717, 1.165) is 6.42 Å². The van der Waals surface area contributed by atoms with Crippen molar-refractivity contribution >= 4 is 5.91 Å². The Hall–Kier alpha value is -1.36. The summed E-state index contributed by atoms with van der Waals surface area (Å²) in [4.78, 5) is 15.5. The van der Waals surface area contributed by atoms with Gasteiger partial charge in [-0.2, -0.15) is 0 Å². The summed E-state index contributed by atoms with van der Waals surface area (Å²) in [5, 5.41) is 3.17. The SMILES string of the molecule is [N-]=[N+]=NCC(=O)N1CC2CCCC(F)(F)C2C1. The average Bonchev–Trinajstić information content (AvgIpc) is 2.71. The van der Waals surface area contributed by atoms with Gasteiger partial charge in [-0.1, -0.05) is 5.11 Å². The molecule has 5 nitrogen and oxygen atoms in total. The quantitative estimate of drug-likeness (QED) is 0.417. The number of alkyl halides is 2. The first kappa shape index (κ1) is 12.1. The third kappa shape index (κ3) is 2.34. The highest BCUT2D eigenvalue weighted by molar-refractivity contribution is 5.78. The highest BCUT2D eigenvalue weighted by Gasteiger charge is 2.51. The van der Waals surface area contributed by atoms with Gasteiger partial charge in [-0.05, 0) is 24.3 Å². The molecule has 1 saturated heterocycles. The van der Waals surface area contributed by atoms with Crippen molar-refractivity contribution < 1.29 is 13.6 Å². The van der Waals surface area contributed by atoms with Gasteiger partial charge in [0, 0.05) is 30.3 Å². The molecule has 0 bridgehead atoms. The molecule has 0 radical (unpaired) electrons. The van der Waals surface area contributed by atoms with E-state index in [4.69, 9.17) is 5.53 Å². The highest BCUT2D eigenvalue weighted by atomic mass is 19.3. The van der Waals surface area contributed by atoms with Crippen molar-refractivity contribution in [2.45, 2.75) is 25.2 Å². The van der Waals surface area contributed by atoms with Crippen molar-refractivity contribution in [1.82, 2.24) is 4.90 Å². The molecule has 94 valence electrons. The van der Waals surface area contributed by atoms with Crippen molar-refractivity contribution in [2.75, 3.05) is 19.6 Å². The van der Waals surface area contributed by atoms with Gasteiger partial charge < -0.3 is 4.90 Å². The molecule has 7 heteroatoms. The normalized spacial score (nSPS) is 30.6. The molecule has 1 heterocycles. The van der Waals surface area contributed by atoms with E-state index in [9.17, 15) is 13.6 Å². The number of amides is 1. The van der Waals surface area contributed by atoms with Crippen molar-refractivity contribution in [1.29, 1.82) is 0 Å². The lowest BCUT2D eigenvalue weighted by molar-refractivity contribution is -0.129. The molecule has 0 aromatic heterocycles. The second kappa shape index (κ2) is 4.49. The second-order valence-corrected chi connectivity index (χ2v) is 4.71. The maximum Gasteiger partial charge on any atom is 0.252 e. The topological polar surface area (TPSA) is 69.1 Å². The predicted molar refractivity (Wildman–Crippen MR) is 56.4 cm³/mol. The molecule has 2 atom stereocenters. The van der Waals surface area contributed by atoms with Gasteiger partial charge in [-0.25, -0.2) is 8.78 Å². The average molecular weight is 244 g/mol. The van der Waals surface area contributed by atoms with Gasteiger partial charge in [-0.15, -0.1) is 0 Å². The summed E-state index contributed by atoms with van der Waals surface area (Å²) in [5.74, 6) is -3.83. The molecule has 0 aromatic carbocycles. The number of rotatable bonds is 2. The van der Waals surface area contributed by atoms with Crippen molar-refractivity contribution in [3.8, 4) is 0 Å². The molecule has 0 N–H and O–H groups in total. The zero-order valence-corrected chi connectivity index (χ0v) is 9.35. The third-order valence-electron chi connectivity index (χ3n) is 3.69. The Kier molecular flexibility index (Phi) is 3.19. The van der Waals surface area contributed by atoms with Crippen LogP contribution in [0.15, 0.2) is 5.11 Å². The summed E-state index contributed by atoms with van der Waals surface area (Å²) in [6.07, 6.45) is 1.20. The number of likely N-dealkylation sites (tertiary alicyclic amines) is 1. The van der Waals surface area contributed by atoms with E-state index < -0.39 is 11.8 Å². The summed E-state index contributed by atoms with van der Waals surface area (Å²) in [6, 6.07) is 0. The van der Waals surface area contributed by atoms with Crippen LogP contribution in [0, 0.1) is 11.8 Å². The van der Waals surface area contributed by atoms with Gasteiger partial charge >= 0.3 is 0 Å². The van der Waals surface area contributed by atoms with E-state index in [0.29, 0.717) is 13.0 Å². The highest BCUT2D eigenvalue weighted by Crippen LogP contribution is 2.45. The first-order valence-electron chi connectivity index (χ1n) is 5.71. The first-order chi connectivity index (χ1) is 8.04. The Morgan fingerprint density at radius 3 is 2.94 bits per heavy atom. The summed E-state index contributed by atoms with van der Waals surface area (Å²) >= 11 is 0. The zero-order valence-electron chi connectivity index (χ0n) is 9.35. The van der Waals surface area contributed by atoms with Crippen LogP contribution in [0.4, 0.5) is 8.78 Å². The number of nitrogens with zero attached hydrogens (tertiary/aromatic N) is 4. The molecule has 2 rings (SSSR count). The van der Waals surface area contributed by atoms with Crippen LogP contribution in [-0.2, 0) is 4.79 Å². The monoisotopic (exact) mass is 244 g/mol. The smallest absolute Gasteiger partial charge is 0.252 e. The van der Waals surface area contributed by atoms with E-state index in [2.05, 4.69) is 10.0 Å². The Morgan fingerprint density at radius 1 is 1.53 bits per heavy atom. The summed E-state index contributed by atoms with van der Waals surface area (Å²) in [7, 11) is 0. The minimum Gasteiger partial charge on any atom is -0.342 e. The molecule has 1 aliphatic heterocycles. The molecule has 17 heavy (non-hydrogen) atoms. The molecular weight excluding hydrogens is 230 g/mol. The van der Waals surface area contributed by atoms with Gasteiger partial charge in [0.1, 0.15) is 6.54 Å². The molecule has 2 fully saturated rings. The molecule has 2 unspecified atom stereocenters. The summed E-state index contributed by atoms with van der Waals surface area (Å²) in [6.45, 7) is 0.193.